The minimum Gasteiger partial charge on any atom is -0.508 e. The van der Waals surface area contributed by atoms with Crippen molar-refractivity contribution in [2.45, 2.75) is 45.6 Å². The van der Waals surface area contributed by atoms with Crippen molar-refractivity contribution in [1.82, 2.24) is 4.90 Å². The molecular weight excluding hydrogens is 234 g/mol. The van der Waals surface area contributed by atoms with Gasteiger partial charge in [-0.1, -0.05) is 19.9 Å². The van der Waals surface area contributed by atoms with Crippen molar-refractivity contribution in [1.29, 1.82) is 0 Å². The van der Waals surface area contributed by atoms with E-state index in [1.165, 1.54) is 43.5 Å². The highest BCUT2D eigenvalue weighted by molar-refractivity contribution is 5.38. The molecule has 3 atom stereocenters. The third kappa shape index (κ3) is 2.51. The van der Waals surface area contributed by atoms with Gasteiger partial charge in [-0.15, -0.1) is 0 Å². The molecule has 1 fully saturated rings. The molecule has 1 N–H and O–H groups in total. The SMILES string of the molecule is CC1CCN(C2CCCc3cc(O)ccc32)CC1C. The Bertz CT molecular complexity index is 457. The number of phenols is 1. The number of rotatable bonds is 1. The predicted octanol–water partition coefficient (Wildman–Crippen LogP) is 3.75. The fraction of sp³-hybridized carbons (Fsp3) is 0.647. The molecule has 1 aromatic rings. The lowest BCUT2D eigenvalue weighted by atomic mass is 9.83. The van der Waals surface area contributed by atoms with E-state index >= 15 is 0 Å². The summed E-state index contributed by atoms with van der Waals surface area (Å²) in [5, 5.41) is 9.65. The van der Waals surface area contributed by atoms with Crippen LogP contribution in [0.15, 0.2) is 18.2 Å². The molecule has 19 heavy (non-hydrogen) atoms. The van der Waals surface area contributed by atoms with E-state index in [-0.39, 0.29) is 0 Å². The number of hydrogen-bond acceptors (Lipinski definition) is 2. The van der Waals surface area contributed by atoms with Crippen molar-refractivity contribution >= 4 is 0 Å². The van der Waals surface area contributed by atoms with Crippen LogP contribution in [0.25, 0.3) is 0 Å². The van der Waals surface area contributed by atoms with Crippen LogP contribution in [0, 0.1) is 11.8 Å². The Labute approximate surface area is 116 Å². The van der Waals surface area contributed by atoms with Crippen LogP contribution in [0.1, 0.15) is 50.3 Å². The highest BCUT2D eigenvalue weighted by atomic mass is 16.3. The number of phenolic OH excluding ortho intramolecular Hbond substituents is 1. The Hall–Kier alpha value is -1.02. The molecule has 2 nitrogen and oxygen atoms in total. The average Bonchev–Trinajstić information content (AvgIpc) is 2.41. The number of likely N-dealkylation sites (tertiary alicyclic amines) is 1. The first kappa shape index (κ1) is 13.0. The summed E-state index contributed by atoms with van der Waals surface area (Å²) in [6.45, 7) is 7.23. The van der Waals surface area contributed by atoms with Crippen molar-refractivity contribution in [2.24, 2.45) is 11.8 Å². The second kappa shape index (κ2) is 5.16. The van der Waals surface area contributed by atoms with Crippen molar-refractivity contribution in [3.63, 3.8) is 0 Å². The summed E-state index contributed by atoms with van der Waals surface area (Å²) in [6.07, 6.45) is 4.98. The summed E-state index contributed by atoms with van der Waals surface area (Å²) in [7, 11) is 0. The Morgan fingerprint density at radius 3 is 2.79 bits per heavy atom. The number of piperidine rings is 1. The van der Waals surface area contributed by atoms with E-state index in [1.807, 2.05) is 12.1 Å². The third-order valence-electron chi connectivity index (χ3n) is 5.22. The van der Waals surface area contributed by atoms with E-state index < -0.39 is 0 Å². The van der Waals surface area contributed by atoms with Gasteiger partial charge in [-0.3, -0.25) is 4.90 Å². The lowest BCUT2D eigenvalue weighted by Crippen LogP contribution is -2.41. The molecule has 3 unspecified atom stereocenters. The quantitative estimate of drug-likeness (QED) is 0.830. The van der Waals surface area contributed by atoms with Crippen molar-refractivity contribution in [3.05, 3.63) is 29.3 Å². The summed E-state index contributed by atoms with van der Waals surface area (Å²) in [5.74, 6) is 2.08. The van der Waals surface area contributed by atoms with Crippen LogP contribution in [0.3, 0.4) is 0 Å². The zero-order valence-corrected chi connectivity index (χ0v) is 12.1. The Morgan fingerprint density at radius 2 is 2.00 bits per heavy atom. The molecule has 104 valence electrons. The molecule has 1 heterocycles. The first-order valence-electron chi connectivity index (χ1n) is 7.71. The Kier molecular flexibility index (Phi) is 3.53. The van der Waals surface area contributed by atoms with Gasteiger partial charge in [0.1, 0.15) is 5.75 Å². The van der Waals surface area contributed by atoms with Crippen molar-refractivity contribution < 1.29 is 5.11 Å². The number of benzene rings is 1. The standard InChI is InChI=1S/C17H25NO/c1-12-8-9-18(11-13(12)2)17-5-3-4-14-10-15(19)6-7-16(14)17/h6-7,10,12-13,17,19H,3-5,8-9,11H2,1-2H3. The molecule has 1 aromatic carbocycles. The van der Waals surface area contributed by atoms with E-state index in [2.05, 4.69) is 24.8 Å². The van der Waals surface area contributed by atoms with Crippen molar-refractivity contribution in [2.75, 3.05) is 13.1 Å². The van der Waals surface area contributed by atoms with Crippen LogP contribution in [0.5, 0.6) is 5.75 Å². The normalized spacial score (nSPS) is 32.0. The smallest absolute Gasteiger partial charge is 0.115 e. The summed E-state index contributed by atoms with van der Waals surface area (Å²) in [6, 6.07) is 6.56. The monoisotopic (exact) mass is 259 g/mol. The van der Waals surface area contributed by atoms with Gasteiger partial charge in [0.05, 0.1) is 0 Å². The molecule has 3 rings (SSSR count). The second-order valence-electron chi connectivity index (χ2n) is 6.53. The van der Waals surface area contributed by atoms with E-state index in [9.17, 15) is 5.11 Å². The average molecular weight is 259 g/mol. The Morgan fingerprint density at radius 1 is 1.16 bits per heavy atom. The van der Waals surface area contributed by atoms with Crippen LogP contribution in [-0.4, -0.2) is 23.1 Å². The van der Waals surface area contributed by atoms with E-state index in [1.54, 1.807) is 0 Å². The highest BCUT2D eigenvalue weighted by Crippen LogP contribution is 2.38. The van der Waals surface area contributed by atoms with E-state index in [0.29, 0.717) is 11.8 Å². The molecular formula is C17H25NO. The molecule has 0 radical (unpaired) electrons. The summed E-state index contributed by atoms with van der Waals surface area (Å²) in [5.41, 5.74) is 2.83. The van der Waals surface area contributed by atoms with E-state index in [0.717, 1.165) is 18.3 Å². The summed E-state index contributed by atoms with van der Waals surface area (Å²) >= 11 is 0. The number of aryl methyl sites for hydroxylation is 1. The molecule has 1 aliphatic carbocycles. The maximum Gasteiger partial charge on any atom is 0.115 e. The van der Waals surface area contributed by atoms with Gasteiger partial charge in [-0.05, 0) is 67.3 Å². The molecule has 2 aliphatic rings. The molecule has 2 heteroatoms. The zero-order valence-electron chi connectivity index (χ0n) is 12.1. The molecule has 1 aliphatic heterocycles. The van der Waals surface area contributed by atoms with Gasteiger partial charge in [0.15, 0.2) is 0 Å². The summed E-state index contributed by atoms with van der Waals surface area (Å²) < 4.78 is 0. The van der Waals surface area contributed by atoms with Gasteiger partial charge < -0.3 is 5.11 Å². The second-order valence-corrected chi connectivity index (χ2v) is 6.53. The minimum absolute atomic E-state index is 0.417. The van der Waals surface area contributed by atoms with E-state index in [4.69, 9.17) is 0 Å². The maximum absolute atomic E-state index is 9.65. The third-order valence-corrected chi connectivity index (χ3v) is 5.22. The first-order chi connectivity index (χ1) is 9.15. The van der Waals surface area contributed by atoms with Crippen LogP contribution >= 0.6 is 0 Å². The first-order valence-corrected chi connectivity index (χ1v) is 7.71. The minimum atomic E-state index is 0.417. The molecule has 0 aromatic heterocycles. The van der Waals surface area contributed by atoms with Crippen LogP contribution in [-0.2, 0) is 6.42 Å². The fourth-order valence-electron chi connectivity index (χ4n) is 3.73. The number of hydrogen-bond donors (Lipinski definition) is 1. The molecule has 0 saturated carbocycles. The Balaban J connectivity index is 1.83. The lowest BCUT2D eigenvalue weighted by Gasteiger charge is -2.42. The molecule has 0 amide bonds. The van der Waals surface area contributed by atoms with Crippen LogP contribution < -0.4 is 0 Å². The zero-order chi connectivity index (χ0) is 13.4. The number of nitrogens with zero attached hydrogens (tertiary/aromatic N) is 1. The predicted molar refractivity (Wildman–Crippen MR) is 78.3 cm³/mol. The van der Waals surface area contributed by atoms with Crippen molar-refractivity contribution in [3.8, 4) is 5.75 Å². The fourth-order valence-corrected chi connectivity index (χ4v) is 3.73. The molecule has 1 saturated heterocycles. The highest BCUT2D eigenvalue weighted by Gasteiger charge is 2.31. The van der Waals surface area contributed by atoms with Gasteiger partial charge in [0.25, 0.3) is 0 Å². The lowest BCUT2D eigenvalue weighted by molar-refractivity contribution is 0.0866. The number of aromatic hydroxyl groups is 1. The van der Waals surface area contributed by atoms with Gasteiger partial charge in [0.2, 0.25) is 0 Å². The largest absolute Gasteiger partial charge is 0.508 e. The van der Waals surface area contributed by atoms with Crippen LogP contribution in [0.4, 0.5) is 0 Å². The van der Waals surface area contributed by atoms with Gasteiger partial charge >= 0.3 is 0 Å². The van der Waals surface area contributed by atoms with Crippen LogP contribution in [0.2, 0.25) is 0 Å². The molecule has 0 bridgehead atoms. The van der Waals surface area contributed by atoms with Gasteiger partial charge in [0, 0.05) is 12.6 Å². The van der Waals surface area contributed by atoms with Gasteiger partial charge in [-0.2, -0.15) is 0 Å². The molecule has 0 spiro atoms. The topological polar surface area (TPSA) is 23.5 Å². The number of fused-ring (bicyclic) bond motifs is 1. The van der Waals surface area contributed by atoms with Gasteiger partial charge in [-0.25, -0.2) is 0 Å². The summed E-state index contributed by atoms with van der Waals surface area (Å²) in [4.78, 5) is 2.68. The maximum atomic E-state index is 9.65.